The van der Waals surface area contributed by atoms with Crippen molar-refractivity contribution in [1.29, 1.82) is 0 Å². The molecule has 1 aromatic carbocycles. The molecule has 0 fully saturated rings. The lowest BCUT2D eigenvalue weighted by Gasteiger charge is -2.10. The first-order valence-corrected chi connectivity index (χ1v) is 6.15. The van der Waals surface area contributed by atoms with Crippen LogP contribution in [-0.4, -0.2) is 49.3 Å². The summed E-state index contributed by atoms with van der Waals surface area (Å²) < 4.78 is 4.29. The summed E-state index contributed by atoms with van der Waals surface area (Å²) in [5.41, 5.74) is 0.594. The van der Waals surface area contributed by atoms with E-state index in [4.69, 9.17) is 0 Å². The molecule has 8 heteroatoms. The number of rotatable bonds is 6. The predicted octanol–water partition coefficient (Wildman–Crippen LogP) is -0.542. The number of methoxy groups -OCH3 is 1. The molecule has 114 valence electrons. The standard InChI is InChI=1S/C13H17N3O5/c1-21-12(19)10(17)7-14-11(18)8-15-13(20)16-9-5-3-2-4-6-9/h2-6,10,17H,7-8H2,1H3,(H,14,18)(H2,15,16,20). The van der Waals surface area contributed by atoms with E-state index in [1.807, 2.05) is 6.07 Å². The number of para-hydroxylation sites is 1. The average molecular weight is 295 g/mol. The normalized spacial score (nSPS) is 11.1. The third kappa shape index (κ3) is 6.39. The van der Waals surface area contributed by atoms with Gasteiger partial charge in [-0.15, -0.1) is 0 Å². The average Bonchev–Trinajstić information content (AvgIpc) is 2.50. The van der Waals surface area contributed by atoms with Gasteiger partial charge in [0.1, 0.15) is 0 Å². The topological polar surface area (TPSA) is 117 Å². The first-order chi connectivity index (χ1) is 10.0. The molecule has 0 bridgehead atoms. The van der Waals surface area contributed by atoms with Gasteiger partial charge in [-0.25, -0.2) is 9.59 Å². The van der Waals surface area contributed by atoms with Crippen molar-refractivity contribution in [3.8, 4) is 0 Å². The molecular weight excluding hydrogens is 278 g/mol. The second kappa shape index (κ2) is 8.54. The summed E-state index contributed by atoms with van der Waals surface area (Å²) in [6, 6.07) is 8.19. The first kappa shape index (κ1) is 16.4. The van der Waals surface area contributed by atoms with Crippen LogP contribution in [-0.2, 0) is 14.3 Å². The number of carbonyl (C=O) groups is 3. The summed E-state index contributed by atoms with van der Waals surface area (Å²) >= 11 is 0. The van der Waals surface area contributed by atoms with Crippen LogP contribution in [0.1, 0.15) is 0 Å². The largest absolute Gasteiger partial charge is 0.467 e. The molecule has 0 radical (unpaired) electrons. The second-order valence-corrected chi connectivity index (χ2v) is 4.02. The van der Waals surface area contributed by atoms with E-state index in [9.17, 15) is 19.5 Å². The van der Waals surface area contributed by atoms with Crippen LogP contribution < -0.4 is 16.0 Å². The highest BCUT2D eigenvalue weighted by Gasteiger charge is 2.16. The van der Waals surface area contributed by atoms with Crippen molar-refractivity contribution >= 4 is 23.6 Å². The van der Waals surface area contributed by atoms with Crippen LogP contribution in [0.15, 0.2) is 30.3 Å². The molecule has 0 aliphatic carbocycles. The Morgan fingerprint density at radius 2 is 1.86 bits per heavy atom. The highest BCUT2D eigenvalue weighted by atomic mass is 16.5. The fraction of sp³-hybridized carbons (Fsp3) is 0.308. The number of esters is 1. The molecule has 1 rings (SSSR count). The molecule has 4 N–H and O–H groups in total. The van der Waals surface area contributed by atoms with Crippen LogP contribution in [0.2, 0.25) is 0 Å². The van der Waals surface area contributed by atoms with Crippen LogP contribution in [0.5, 0.6) is 0 Å². The molecule has 0 aliphatic rings. The molecule has 0 aliphatic heterocycles. The third-order valence-corrected chi connectivity index (χ3v) is 2.41. The van der Waals surface area contributed by atoms with Gasteiger partial charge in [0.2, 0.25) is 5.91 Å². The van der Waals surface area contributed by atoms with Crippen molar-refractivity contribution in [2.45, 2.75) is 6.10 Å². The van der Waals surface area contributed by atoms with Gasteiger partial charge in [-0.1, -0.05) is 18.2 Å². The molecule has 1 unspecified atom stereocenters. The van der Waals surface area contributed by atoms with Crippen LogP contribution in [0.25, 0.3) is 0 Å². The maximum atomic E-state index is 11.5. The number of benzene rings is 1. The molecular formula is C13H17N3O5. The highest BCUT2D eigenvalue weighted by Crippen LogP contribution is 2.03. The van der Waals surface area contributed by atoms with Gasteiger partial charge in [0.15, 0.2) is 6.10 Å². The molecule has 0 saturated carbocycles. The predicted molar refractivity (Wildman–Crippen MR) is 74.5 cm³/mol. The maximum Gasteiger partial charge on any atom is 0.336 e. The van der Waals surface area contributed by atoms with Crippen molar-refractivity contribution in [3.05, 3.63) is 30.3 Å². The SMILES string of the molecule is COC(=O)C(O)CNC(=O)CNC(=O)Nc1ccccc1. The van der Waals surface area contributed by atoms with E-state index < -0.39 is 24.0 Å². The summed E-state index contributed by atoms with van der Waals surface area (Å²) in [5.74, 6) is -1.38. The number of aliphatic hydroxyl groups excluding tert-OH is 1. The van der Waals surface area contributed by atoms with E-state index in [2.05, 4.69) is 20.7 Å². The van der Waals surface area contributed by atoms with Crippen LogP contribution >= 0.6 is 0 Å². The number of urea groups is 1. The van der Waals surface area contributed by atoms with Crippen molar-refractivity contribution < 1.29 is 24.2 Å². The Hall–Kier alpha value is -2.61. The van der Waals surface area contributed by atoms with E-state index in [0.29, 0.717) is 5.69 Å². The quantitative estimate of drug-likeness (QED) is 0.526. The number of carbonyl (C=O) groups excluding carboxylic acids is 3. The number of amides is 3. The molecule has 1 atom stereocenters. The van der Waals surface area contributed by atoms with E-state index in [-0.39, 0.29) is 13.1 Å². The fourth-order valence-corrected chi connectivity index (χ4v) is 1.35. The van der Waals surface area contributed by atoms with Crippen LogP contribution in [0, 0.1) is 0 Å². The minimum absolute atomic E-state index is 0.284. The Bertz CT molecular complexity index is 492. The first-order valence-electron chi connectivity index (χ1n) is 6.15. The van der Waals surface area contributed by atoms with Gasteiger partial charge in [-0.05, 0) is 12.1 Å². The van der Waals surface area contributed by atoms with Gasteiger partial charge in [-0.3, -0.25) is 4.79 Å². The Morgan fingerprint density at radius 1 is 1.19 bits per heavy atom. The Balaban J connectivity index is 2.23. The van der Waals surface area contributed by atoms with Crippen molar-refractivity contribution in [3.63, 3.8) is 0 Å². The Kier molecular flexibility index (Phi) is 6.69. The van der Waals surface area contributed by atoms with Crippen molar-refractivity contribution in [2.24, 2.45) is 0 Å². The molecule has 8 nitrogen and oxygen atoms in total. The zero-order valence-electron chi connectivity index (χ0n) is 11.5. The van der Waals surface area contributed by atoms with Crippen LogP contribution in [0.4, 0.5) is 10.5 Å². The molecule has 0 aromatic heterocycles. The Morgan fingerprint density at radius 3 is 2.48 bits per heavy atom. The summed E-state index contributed by atoms with van der Waals surface area (Å²) in [7, 11) is 1.13. The smallest absolute Gasteiger partial charge is 0.336 e. The van der Waals surface area contributed by atoms with Crippen molar-refractivity contribution in [1.82, 2.24) is 10.6 Å². The van der Waals surface area contributed by atoms with Crippen molar-refractivity contribution in [2.75, 3.05) is 25.5 Å². The van der Waals surface area contributed by atoms with E-state index in [0.717, 1.165) is 7.11 Å². The number of ether oxygens (including phenoxy) is 1. The summed E-state index contributed by atoms with van der Waals surface area (Å²) in [6.07, 6.45) is -1.43. The van der Waals surface area contributed by atoms with Gasteiger partial charge >= 0.3 is 12.0 Å². The van der Waals surface area contributed by atoms with E-state index >= 15 is 0 Å². The number of nitrogens with one attached hydrogen (secondary N) is 3. The Labute approximate surface area is 121 Å². The molecule has 1 aromatic rings. The minimum Gasteiger partial charge on any atom is -0.467 e. The van der Waals surface area contributed by atoms with Gasteiger partial charge in [0.25, 0.3) is 0 Å². The zero-order chi connectivity index (χ0) is 15.7. The van der Waals surface area contributed by atoms with Crippen LogP contribution in [0.3, 0.4) is 0 Å². The molecule has 0 saturated heterocycles. The number of anilines is 1. The number of hydrogen-bond acceptors (Lipinski definition) is 5. The lowest BCUT2D eigenvalue weighted by molar-refractivity contribution is -0.150. The molecule has 0 spiro atoms. The molecule has 3 amide bonds. The highest BCUT2D eigenvalue weighted by molar-refractivity contribution is 5.92. The molecule has 0 heterocycles. The van der Waals surface area contributed by atoms with Gasteiger partial charge < -0.3 is 25.8 Å². The monoisotopic (exact) mass is 295 g/mol. The van der Waals surface area contributed by atoms with E-state index in [1.54, 1.807) is 24.3 Å². The lowest BCUT2D eigenvalue weighted by atomic mass is 10.3. The number of aliphatic hydroxyl groups is 1. The summed E-state index contributed by atoms with van der Waals surface area (Å²) in [5, 5.41) is 16.4. The van der Waals surface area contributed by atoms with Gasteiger partial charge in [0.05, 0.1) is 20.2 Å². The zero-order valence-corrected chi connectivity index (χ0v) is 11.5. The number of hydrogen-bond donors (Lipinski definition) is 4. The van der Waals surface area contributed by atoms with E-state index in [1.165, 1.54) is 0 Å². The maximum absolute atomic E-state index is 11.5. The summed E-state index contributed by atoms with van der Waals surface area (Å²) in [4.78, 5) is 33.8. The minimum atomic E-state index is -1.43. The fourth-order valence-electron chi connectivity index (χ4n) is 1.35. The molecule has 21 heavy (non-hydrogen) atoms. The third-order valence-electron chi connectivity index (χ3n) is 2.41. The summed E-state index contributed by atoms with van der Waals surface area (Å²) in [6.45, 7) is -0.569. The van der Waals surface area contributed by atoms with Gasteiger partial charge in [-0.2, -0.15) is 0 Å². The van der Waals surface area contributed by atoms with Gasteiger partial charge in [0, 0.05) is 5.69 Å². The lowest BCUT2D eigenvalue weighted by Crippen LogP contribution is -2.43. The second-order valence-electron chi connectivity index (χ2n) is 4.02.